The molecule has 0 aliphatic heterocycles. The molecule has 0 spiro atoms. The smallest absolute Gasteiger partial charge is 0.0984 e. The standard InChI is InChI=1S/C8H13N3OS/c1-5-6(13-11-10-5)7(12)8(4-9)2-3-8/h7,12H,2-4,9H2,1H3. The number of hydrogen-bond donors (Lipinski definition) is 2. The molecule has 1 aliphatic carbocycles. The Kier molecular flexibility index (Phi) is 2.09. The van der Waals surface area contributed by atoms with Gasteiger partial charge in [-0.3, -0.25) is 0 Å². The van der Waals surface area contributed by atoms with Gasteiger partial charge in [0.2, 0.25) is 0 Å². The van der Waals surface area contributed by atoms with Gasteiger partial charge in [0.1, 0.15) is 0 Å². The maximum absolute atomic E-state index is 10.0. The number of rotatable bonds is 3. The summed E-state index contributed by atoms with van der Waals surface area (Å²) in [7, 11) is 0. The summed E-state index contributed by atoms with van der Waals surface area (Å²) >= 11 is 1.27. The van der Waals surface area contributed by atoms with Gasteiger partial charge in [-0.2, -0.15) is 0 Å². The zero-order chi connectivity index (χ0) is 9.47. The second kappa shape index (κ2) is 3.01. The third kappa shape index (κ3) is 1.37. The molecule has 2 rings (SSSR count). The zero-order valence-corrected chi connectivity index (χ0v) is 8.34. The van der Waals surface area contributed by atoms with E-state index < -0.39 is 6.10 Å². The number of aromatic nitrogens is 2. The third-order valence-corrected chi connectivity index (χ3v) is 3.69. The van der Waals surface area contributed by atoms with Crippen LogP contribution in [-0.2, 0) is 0 Å². The van der Waals surface area contributed by atoms with Crippen LogP contribution in [0.25, 0.3) is 0 Å². The lowest BCUT2D eigenvalue weighted by atomic mass is 9.97. The summed E-state index contributed by atoms with van der Waals surface area (Å²) in [4.78, 5) is 0.878. The maximum atomic E-state index is 10.0. The van der Waals surface area contributed by atoms with Crippen LogP contribution in [0.15, 0.2) is 0 Å². The zero-order valence-electron chi connectivity index (χ0n) is 7.53. The van der Waals surface area contributed by atoms with Crippen molar-refractivity contribution < 1.29 is 5.11 Å². The second-order valence-electron chi connectivity index (χ2n) is 3.69. The number of aryl methyl sites for hydroxylation is 1. The lowest BCUT2D eigenvalue weighted by Gasteiger charge is -2.18. The van der Waals surface area contributed by atoms with E-state index in [-0.39, 0.29) is 5.41 Å². The number of aliphatic hydroxyl groups is 1. The van der Waals surface area contributed by atoms with E-state index >= 15 is 0 Å². The summed E-state index contributed by atoms with van der Waals surface area (Å²) in [6, 6.07) is 0. The van der Waals surface area contributed by atoms with Gasteiger partial charge < -0.3 is 10.8 Å². The molecule has 1 saturated carbocycles. The van der Waals surface area contributed by atoms with Gasteiger partial charge >= 0.3 is 0 Å². The molecule has 1 unspecified atom stereocenters. The molecule has 1 heterocycles. The van der Waals surface area contributed by atoms with E-state index in [0.29, 0.717) is 6.54 Å². The van der Waals surface area contributed by atoms with Gasteiger partial charge in [0, 0.05) is 12.0 Å². The van der Waals surface area contributed by atoms with Crippen LogP contribution in [0.2, 0.25) is 0 Å². The van der Waals surface area contributed by atoms with Gasteiger partial charge in [-0.05, 0) is 31.3 Å². The lowest BCUT2D eigenvalue weighted by molar-refractivity contribution is 0.100. The fourth-order valence-corrected chi connectivity index (χ4v) is 2.29. The molecule has 3 N–H and O–H groups in total. The van der Waals surface area contributed by atoms with E-state index in [0.717, 1.165) is 23.4 Å². The van der Waals surface area contributed by atoms with E-state index in [1.54, 1.807) is 0 Å². The fourth-order valence-electron chi connectivity index (χ4n) is 1.52. The van der Waals surface area contributed by atoms with E-state index in [9.17, 15) is 5.11 Å². The van der Waals surface area contributed by atoms with E-state index in [1.807, 2.05) is 6.92 Å². The largest absolute Gasteiger partial charge is 0.387 e. The van der Waals surface area contributed by atoms with Gasteiger partial charge in [0.15, 0.2) is 0 Å². The van der Waals surface area contributed by atoms with Crippen LogP contribution in [0.5, 0.6) is 0 Å². The molecule has 1 aromatic heterocycles. The van der Waals surface area contributed by atoms with Gasteiger partial charge in [0.05, 0.1) is 16.7 Å². The summed E-state index contributed by atoms with van der Waals surface area (Å²) < 4.78 is 3.81. The highest BCUT2D eigenvalue weighted by Gasteiger charge is 2.49. The molecular weight excluding hydrogens is 186 g/mol. The topological polar surface area (TPSA) is 72.0 Å². The monoisotopic (exact) mass is 199 g/mol. The molecule has 72 valence electrons. The minimum Gasteiger partial charge on any atom is -0.387 e. The molecule has 13 heavy (non-hydrogen) atoms. The number of hydrogen-bond acceptors (Lipinski definition) is 5. The van der Waals surface area contributed by atoms with Crippen LogP contribution in [0.4, 0.5) is 0 Å². The van der Waals surface area contributed by atoms with Crippen LogP contribution in [0.1, 0.15) is 29.5 Å². The molecule has 4 nitrogen and oxygen atoms in total. The first-order valence-corrected chi connectivity index (χ1v) is 5.14. The molecule has 0 aromatic carbocycles. The first-order valence-electron chi connectivity index (χ1n) is 4.36. The van der Waals surface area contributed by atoms with Crippen LogP contribution in [0.3, 0.4) is 0 Å². The van der Waals surface area contributed by atoms with Crippen LogP contribution < -0.4 is 5.73 Å². The van der Waals surface area contributed by atoms with Gasteiger partial charge in [-0.1, -0.05) is 4.49 Å². The average Bonchev–Trinajstić information content (AvgIpc) is 2.83. The number of aliphatic hydroxyl groups excluding tert-OH is 1. The minimum atomic E-state index is -0.461. The number of nitrogens with two attached hydrogens (primary N) is 1. The summed E-state index contributed by atoms with van der Waals surface area (Å²) in [5.74, 6) is 0. The van der Waals surface area contributed by atoms with Crippen LogP contribution >= 0.6 is 11.5 Å². The highest BCUT2D eigenvalue weighted by Crippen LogP contribution is 2.54. The fraction of sp³-hybridized carbons (Fsp3) is 0.750. The Bertz CT molecular complexity index is 308. The summed E-state index contributed by atoms with van der Waals surface area (Å²) in [5, 5.41) is 13.9. The summed E-state index contributed by atoms with van der Waals surface area (Å²) in [6.45, 7) is 2.42. The van der Waals surface area contributed by atoms with Gasteiger partial charge in [-0.25, -0.2) is 0 Å². The predicted octanol–water partition coefficient (Wildman–Crippen LogP) is 0.619. The van der Waals surface area contributed by atoms with Crippen LogP contribution in [-0.4, -0.2) is 21.2 Å². The van der Waals surface area contributed by atoms with E-state index in [4.69, 9.17) is 5.73 Å². The molecule has 0 radical (unpaired) electrons. The molecule has 1 aliphatic rings. The second-order valence-corrected chi connectivity index (χ2v) is 4.48. The van der Waals surface area contributed by atoms with E-state index in [2.05, 4.69) is 9.59 Å². The molecule has 1 aromatic rings. The highest BCUT2D eigenvalue weighted by atomic mass is 32.1. The van der Waals surface area contributed by atoms with Crippen molar-refractivity contribution in [3.63, 3.8) is 0 Å². The number of nitrogens with zero attached hydrogens (tertiary/aromatic N) is 2. The van der Waals surface area contributed by atoms with Gasteiger partial charge in [0.25, 0.3) is 0 Å². The third-order valence-electron chi connectivity index (χ3n) is 2.81. The Morgan fingerprint density at radius 2 is 2.38 bits per heavy atom. The summed E-state index contributed by atoms with van der Waals surface area (Å²) in [6.07, 6.45) is 1.57. The van der Waals surface area contributed by atoms with Crippen molar-refractivity contribution in [1.29, 1.82) is 0 Å². The van der Waals surface area contributed by atoms with Crippen LogP contribution in [0, 0.1) is 12.3 Å². The summed E-state index contributed by atoms with van der Waals surface area (Å²) in [5.41, 5.74) is 6.39. The Balaban J connectivity index is 2.22. The Morgan fingerprint density at radius 3 is 2.77 bits per heavy atom. The highest BCUT2D eigenvalue weighted by molar-refractivity contribution is 7.05. The molecule has 5 heteroatoms. The normalized spacial score (nSPS) is 21.5. The molecule has 0 bridgehead atoms. The maximum Gasteiger partial charge on any atom is 0.0984 e. The Morgan fingerprint density at radius 1 is 1.69 bits per heavy atom. The van der Waals surface area contributed by atoms with Crippen molar-refractivity contribution in [3.8, 4) is 0 Å². The molecular formula is C8H13N3OS. The van der Waals surface area contributed by atoms with Crippen molar-refractivity contribution in [2.75, 3.05) is 6.54 Å². The van der Waals surface area contributed by atoms with Gasteiger partial charge in [-0.15, -0.1) is 5.10 Å². The first kappa shape index (κ1) is 9.05. The van der Waals surface area contributed by atoms with Crippen molar-refractivity contribution >= 4 is 11.5 Å². The Hall–Kier alpha value is -0.520. The minimum absolute atomic E-state index is 0.0705. The van der Waals surface area contributed by atoms with Crippen molar-refractivity contribution in [2.45, 2.75) is 25.9 Å². The molecule has 0 amide bonds. The van der Waals surface area contributed by atoms with Crippen molar-refractivity contribution in [2.24, 2.45) is 11.1 Å². The average molecular weight is 199 g/mol. The lowest BCUT2D eigenvalue weighted by Crippen LogP contribution is -2.23. The molecule has 1 fully saturated rings. The van der Waals surface area contributed by atoms with E-state index in [1.165, 1.54) is 11.5 Å². The quantitative estimate of drug-likeness (QED) is 0.748. The predicted molar refractivity (Wildman–Crippen MR) is 50.3 cm³/mol. The Labute approximate surface area is 80.9 Å². The van der Waals surface area contributed by atoms with Crippen molar-refractivity contribution in [3.05, 3.63) is 10.6 Å². The molecule has 1 atom stereocenters. The first-order chi connectivity index (χ1) is 6.19. The SMILES string of the molecule is Cc1nnsc1C(O)C1(CN)CC1. The van der Waals surface area contributed by atoms with Crippen molar-refractivity contribution in [1.82, 2.24) is 9.59 Å². The molecule has 0 saturated heterocycles.